The summed E-state index contributed by atoms with van der Waals surface area (Å²) < 4.78 is 2.12. The van der Waals surface area contributed by atoms with Crippen LogP contribution in [0.2, 0.25) is 0 Å². The molecule has 1 heterocycles. The maximum Gasteiger partial charge on any atom is 0.0630 e. The molecule has 0 aromatic carbocycles. The third-order valence-corrected chi connectivity index (χ3v) is 5.10. The van der Waals surface area contributed by atoms with Gasteiger partial charge in [0.15, 0.2) is 0 Å². The quantitative estimate of drug-likeness (QED) is 0.430. The molecule has 0 bridgehead atoms. The van der Waals surface area contributed by atoms with Gasteiger partial charge in [0.05, 0.1) is 5.69 Å². The van der Waals surface area contributed by atoms with Gasteiger partial charge in [0.25, 0.3) is 0 Å². The molecule has 2 atom stereocenters. The highest BCUT2D eigenvalue weighted by Gasteiger charge is 2.12. The number of rotatable bonds is 12. The fourth-order valence-corrected chi connectivity index (χ4v) is 3.53. The van der Waals surface area contributed by atoms with Gasteiger partial charge in [-0.2, -0.15) is 5.10 Å². The standard InChI is InChI=1S/C22H42N2/c1-17(2)10-8-12-19(5)14-21-16-22(24(7)23-21)15-20(6)13-9-11-18(3)4/h16-20H,8-15H2,1-7H3. The Morgan fingerprint density at radius 2 is 1.29 bits per heavy atom. The lowest BCUT2D eigenvalue weighted by atomic mass is 9.94. The number of aryl methyl sites for hydroxylation is 1. The van der Waals surface area contributed by atoms with Crippen LogP contribution in [0.1, 0.15) is 91.5 Å². The summed E-state index contributed by atoms with van der Waals surface area (Å²) in [5, 5.41) is 4.77. The van der Waals surface area contributed by atoms with E-state index in [1.807, 2.05) is 0 Å². The minimum atomic E-state index is 0.745. The second-order valence-electron chi connectivity index (χ2n) is 9.02. The molecule has 2 heteroatoms. The van der Waals surface area contributed by atoms with E-state index in [-0.39, 0.29) is 0 Å². The molecule has 0 aliphatic rings. The molecule has 0 aliphatic carbocycles. The molecule has 0 amide bonds. The maximum absolute atomic E-state index is 4.77. The SMILES string of the molecule is CC(C)CCCC(C)Cc1cc(CC(C)CCCC(C)C)n(C)n1. The van der Waals surface area contributed by atoms with Crippen LogP contribution >= 0.6 is 0 Å². The van der Waals surface area contributed by atoms with Crippen LogP contribution in [0.5, 0.6) is 0 Å². The molecule has 2 unspecified atom stereocenters. The number of hydrogen-bond donors (Lipinski definition) is 0. The first-order valence-corrected chi connectivity index (χ1v) is 10.3. The van der Waals surface area contributed by atoms with Gasteiger partial charge in [0.2, 0.25) is 0 Å². The number of nitrogens with zero attached hydrogens (tertiary/aromatic N) is 2. The molecule has 0 N–H and O–H groups in total. The van der Waals surface area contributed by atoms with Gasteiger partial charge >= 0.3 is 0 Å². The second-order valence-corrected chi connectivity index (χ2v) is 9.02. The minimum Gasteiger partial charge on any atom is -0.272 e. The Hall–Kier alpha value is -0.790. The van der Waals surface area contributed by atoms with Crippen LogP contribution in [0.4, 0.5) is 0 Å². The van der Waals surface area contributed by atoms with E-state index in [2.05, 4.69) is 59.3 Å². The van der Waals surface area contributed by atoms with Crippen LogP contribution in [0.25, 0.3) is 0 Å². The van der Waals surface area contributed by atoms with Gasteiger partial charge in [0.1, 0.15) is 0 Å². The Kier molecular flexibility index (Phi) is 9.69. The first-order chi connectivity index (χ1) is 11.3. The molecule has 140 valence electrons. The molecule has 0 saturated heterocycles. The molecule has 0 aliphatic heterocycles. The lowest BCUT2D eigenvalue weighted by Gasteiger charge is -2.12. The zero-order valence-electron chi connectivity index (χ0n) is 17.4. The van der Waals surface area contributed by atoms with Crippen molar-refractivity contribution in [2.45, 2.75) is 92.9 Å². The number of hydrogen-bond acceptors (Lipinski definition) is 1. The van der Waals surface area contributed by atoms with E-state index in [1.165, 1.54) is 56.3 Å². The molecular weight excluding hydrogens is 292 g/mol. The molecule has 0 saturated carbocycles. The summed E-state index contributed by atoms with van der Waals surface area (Å²) in [6, 6.07) is 2.36. The second kappa shape index (κ2) is 10.9. The smallest absolute Gasteiger partial charge is 0.0630 e. The van der Waals surface area contributed by atoms with Crippen molar-refractivity contribution in [1.29, 1.82) is 0 Å². The van der Waals surface area contributed by atoms with Crippen molar-refractivity contribution in [2.24, 2.45) is 30.7 Å². The Labute approximate surface area is 151 Å². The largest absolute Gasteiger partial charge is 0.272 e. The lowest BCUT2D eigenvalue weighted by molar-refractivity contribution is 0.446. The third-order valence-electron chi connectivity index (χ3n) is 5.10. The Morgan fingerprint density at radius 1 is 0.792 bits per heavy atom. The molecule has 24 heavy (non-hydrogen) atoms. The van der Waals surface area contributed by atoms with Gasteiger partial charge in [-0.05, 0) is 42.6 Å². The summed E-state index contributed by atoms with van der Waals surface area (Å²) in [4.78, 5) is 0. The Morgan fingerprint density at radius 3 is 1.79 bits per heavy atom. The van der Waals surface area contributed by atoms with Crippen molar-refractivity contribution in [2.75, 3.05) is 0 Å². The lowest BCUT2D eigenvalue weighted by Crippen LogP contribution is -2.06. The van der Waals surface area contributed by atoms with Crippen LogP contribution < -0.4 is 0 Å². The molecule has 1 rings (SSSR count). The van der Waals surface area contributed by atoms with Gasteiger partial charge < -0.3 is 0 Å². The topological polar surface area (TPSA) is 17.8 Å². The van der Waals surface area contributed by atoms with Crippen LogP contribution in [-0.2, 0) is 19.9 Å². The van der Waals surface area contributed by atoms with Gasteiger partial charge in [0, 0.05) is 12.7 Å². The average Bonchev–Trinajstić information content (AvgIpc) is 2.77. The molecule has 1 aromatic rings. The molecule has 0 radical (unpaired) electrons. The predicted octanol–water partition coefficient (Wildman–Crippen LogP) is 6.43. The van der Waals surface area contributed by atoms with E-state index in [0.29, 0.717) is 0 Å². The highest BCUT2D eigenvalue weighted by molar-refractivity contribution is 5.11. The highest BCUT2D eigenvalue weighted by atomic mass is 15.3. The van der Waals surface area contributed by atoms with Crippen LogP contribution in [0.3, 0.4) is 0 Å². The van der Waals surface area contributed by atoms with Gasteiger partial charge in [-0.3, -0.25) is 4.68 Å². The summed E-state index contributed by atoms with van der Waals surface area (Å²) in [6.45, 7) is 14.0. The molecule has 1 aromatic heterocycles. The molecule has 0 spiro atoms. The van der Waals surface area contributed by atoms with E-state index in [9.17, 15) is 0 Å². The van der Waals surface area contributed by atoms with Crippen LogP contribution in [0, 0.1) is 23.7 Å². The van der Waals surface area contributed by atoms with Gasteiger partial charge in [-0.1, -0.05) is 80.1 Å². The van der Waals surface area contributed by atoms with Crippen molar-refractivity contribution in [3.63, 3.8) is 0 Å². The van der Waals surface area contributed by atoms with Gasteiger partial charge in [-0.25, -0.2) is 0 Å². The van der Waals surface area contributed by atoms with E-state index >= 15 is 0 Å². The van der Waals surface area contributed by atoms with E-state index in [0.717, 1.165) is 30.1 Å². The summed E-state index contributed by atoms with van der Waals surface area (Å²) in [5.41, 5.74) is 2.70. The Balaban J connectivity index is 2.40. The fraction of sp³-hybridized carbons (Fsp3) is 0.864. The Bertz CT molecular complexity index is 445. The predicted molar refractivity (Wildman–Crippen MR) is 106 cm³/mol. The number of aromatic nitrogens is 2. The van der Waals surface area contributed by atoms with Crippen molar-refractivity contribution in [3.8, 4) is 0 Å². The fourth-order valence-electron chi connectivity index (χ4n) is 3.53. The van der Waals surface area contributed by atoms with E-state index in [1.54, 1.807) is 0 Å². The summed E-state index contributed by atoms with van der Waals surface area (Å²) in [6.07, 6.45) is 10.4. The third kappa shape index (κ3) is 8.89. The monoisotopic (exact) mass is 334 g/mol. The van der Waals surface area contributed by atoms with E-state index < -0.39 is 0 Å². The van der Waals surface area contributed by atoms with Gasteiger partial charge in [-0.15, -0.1) is 0 Å². The molecular formula is C22H42N2. The zero-order chi connectivity index (χ0) is 18.1. The molecule has 2 nitrogen and oxygen atoms in total. The normalized spacial score (nSPS) is 14.5. The maximum atomic E-state index is 4.77. The summed E-state index contributed by atoms with van der Waals surface area (Å²) in [5.74, 6) is 3.17. The first kappa shape index (κ1) is 21.3. The van der Waals surface area contributed by atoms with E-state index in [4.69, 9.17) is 5.10 Å². The van der Waals surface area contributed by atoms with Crippen molar-refractivity contribution in [3.05, 3.63) is 17.5 Å². The zero-order valence-corrected chi connectivity index (χ0v) is 17.4. The minimum absolute atomic E-state index is 0.745. The summed E-state index contributed by atoms with van der Waals surface area (Å²) >= 11 is 0. The summed E-state index contributed by atoms with van der Waals surface area (Å²) in [7, 11) is 2.11. The van der Waals surface area contributed by atoms with Crippen molar-refractivity contribution >= 4 is 0 Å². The molecule has 0 fully saturated rings. The highest BCUT2D eigenvalue weighted by Crippen LogP contribution is 2.20. The first-order valence-electron chi connectivity index (χ1n) is 10.3. The van der Waals surface area contributed by atoms with Crippen LogP contribution in [0.15, 0.2) is 6.07 Å². The van der Waals surface area contributed by atoms with Crippen molar-refractivity contribution in [1.82, 2.24) is 9.78 Å². The van der Waals surface area contributed by atoms with Crippen molar-refractivity contribution < 1.29 is 0 Å². The average molecular weight is 335 g/mol. The van der Waals surface area contributed by atoms with Crippen LogP contribution in [-0.4, -0.2) is 9.78 Å².